The smallest absolute Gasteiger partial charge is 0.338 e. The van der Waals surface area contributed by atoms with Gasteiger partial charge in [-0.05, 0) is 67.1 Å². The average molecular weight is 473 g/mol. The zero-order valence-corrected chi connectivity index (χ0v) is 20.2. The summed E-state index contributed by atoms with van der Waals surface area (Å²) in [7, 11) is 0. The van der Waals surface area contributed by atoms with E-state index in [4.69, 9.17) is 9.15 Å². The van der Waals surface area contributed by atoms with Crippen LogP contribution in [0.5, 0.6) is 0 Å². The molecule has 5 rings (SSSR count). The molecule has 2 aromatic heterocycles. The number of aryl methyl sites for hydroxylation is 2. The van der Waals surface area contributed by atoms with Crippen LogP contribution < -0.4 is 11.2 Å². The van der Waals surface area contributed by atoms with Crippen LogP contribution in [0.2, 0.25) is 0 Å². The van der Waals surface area contributed by atoms with Gasteiger partial charge in [0.15, 0.2) is 0 Å². The predicted octanol–water partition coefficient (Wildman–Crippen LogP) is 5.02. The minimum Gasteiger partial charge on any atom is -0.457 e. The van der Waals surface area contributed by atoms with Crippen LogP contribution in [0.15, 0.2) is 50.4 Å². The number of carbonyl (C=O) groups excluding carboxylic acids is 1. The van der Waals surface area contributed by atoms with E-state index in [0.717, 1.165) is 48.0 Å². The molecule has 0 unspecified atom stereocenters. The number of esters is 1. The van der Waals surface area contributed by atoms with Crippen molar-refractivity contribution in [3.63, 3.8) is 0 Å². The van der Waals surface area contributed by atoms with E-state index in [-0.39, 0.29) is 12.2 Å². The molecule has 35 heavy (non-hydrogen) atoms. The number of ether oxygens (including phenoxy) is 1. The molecule has 180 valence electrons. The van der Waals surface area contributed by atoms with Gasteiger partial charge in [-0.15, -0.1) is 0 Å². The Morgan fingerprint density at radius 1 is 1.09 bits per heavy atom. The Hall–Kier alpha value is -3.74. The normalized spacial score (nSPS) is 13.7. The van der Waals surface area contributed by atoms with Gasteiger partial charge in [-0.3, -0.25) is 9.36 Å². The lowest BCUT2D eigenvalue weighted by Crippen LogP contribution is -2.24. The number of hydrogen-bond acceptors (Lipinski definition) is 6. The molecule has 0 atom stereocenters. The summed E-state index contributed by atoms with van der Waals surface area (Å²) in [5, 5.41) is 1.25. The standard InChI is InChI=1S/C28H28N2O5/c1-16(2)21-14-22-19(13-26(31)35-24(22)11-17(21)3)15-34-28(33)18-8-9-20-23(12-18)29-25-7-5-4-6-10-30(25)27(20)32/h8-9,11-14,16H,4-7,10,15H2,1-3H3. The topological polar surface area (TPSA) is 91.4 Å². The Labute approximate surface area is 202 Å². The minimum atomic E-state index is -0.540. The van der Waals surface area contributed by atoms with Gasteiger partial charge in [0, 0.05) is 30.0 Å². The van der Waals surface area contributed by atoms with Gasteiger partial charge in [0.25, 0.3) is 5.56 Å². The third-order valence-electron chi connectivity index (χ3n) is 6.75. The molecule has 0 spiro atoms. The third kappa shape index (κ3) is 4.38. The van der Waals surface area contributed by atoms with Crippen molar-refractivity contribution in [2.45, 2.75) is 65.5 Å². The number of nitrogens with zero attached hydrogens (tertiary/aromatic N) is 2. The average Bonchev–Trinajstić information content (AvgIpc) is 3.07. The van der Waals surface area contributed by atoms with Gasteiger partial charge in [0.1, 0.15) is 18.0 Å². The largest absolute Gasteiger partial charge is 0.457 e. The second-order valence-electron chi connectivity index (χ2n) is 9.55. The minimum absolute atomic E-state index is 0.0643. The summed E-state index contributed by atoms with van der Waals surface area (Å²) >= 11 is 0. The van der Waals surface area contributed by atoms with Crippen molar-refractivity contribution in [2.75, 3.05) is 0 Å². The Bertz CT molecular complexity index is 1580. The number of rotatable bonds is 4. The highest BCUT2D eigenvalue weighted by molar-refractivity contribution is 5.94. The molecule has 0 amide bonds. The quantitative estimate of drug-likeness (QED) is 0.306. The van der Waals surface area contributed by atoms with Crippen molar-refractivity contribution in [3.05, 3.63) is 85.3 Å². The fourth-order valence-corrected chi connectivity index (χ4v) is 4.90. The fraction of sp³-hybridized carbons (Fsp3) is 0.357. The molecule has 0 saturated carbocycles. The maximum atomic E-state index is 12.9. The van der Waals surface area contributed by atoms with Crippen LogP contribution >= 0.6 is 0 Å². The molecular formula is C28H28N2O5. The molecule has 1 aliphatic heterocycles. The van der Waals surface area contributed by atoms with E-state index in [1.165, 1.54) is 6.07 Å². The molecule has 1 aliphatic rings. The molecule has 0 radical (unpaired) electrons. The number of hydrogen-bond donors (Lipinski definition) is 0. The zero-order chi connectivity index (χ0) is 24.7. The van der Waals surface area contributed by atoms with Gasteiger partial charge in [-0.2, -0.15) is 0 Å². The van der Waals surface area contributed by atoms with Gasteiger partial charge in [-0.25, -0.2) is 14.6 Å². The zero-order valence-electron chi connectivity index (χ0n) is 20.2. The van der Waals surface area contributed by atoms with Crippen LogP contribution in [0, 0.1) is 6.92 Å². The van der Waals surface area contributed by atoms with Crippen molar-refractivity contribution in [1.29, 1.82) is 0 Å². The maximum absolute atomic E-state index is 12.9. The molecule has 3 heterocycles. The summed E-state index contributed by atoms with van der Waals surface area (Å²) in [6.07, 6.45) is 3.79. The number of carbonyl (C=O) groups is 1. The molecule has 0 bridgehead atoms. The lowest BCUT2D eigenvalue weighted by Gasteiger charge is -2.13. The SMILES string of the molecule is Cc1cc2oc(=O)cc(COC(=O)c3ccc4c(=O)n5c(nc4c3)CCCCC5)c2cc1C(C)C. The van der Waals surface area contributed by atoms with Crippen LogP contribution in [0.3, 0.4) is 0 Å². The molecule has 0 saturated heterocycles. The first-order valence-electron chi connectivity index (χ1n) is 12.1. The highest BCUT2D eigenvalue weighted by Crippen LogP contribution is 2.27. The Kier molecular flexibility index (Phi) is 6.01. The molecule has 4 aromatic rings. The lowest BCUT2D eigenvalue weighted by molar-refractivity contribution is 0.0474. The summed E-state index contributed by atoms with van der Waals surface area (Å²) in [5.74, 6) is 0.525. The Balaban J connectivity index is 1.45. The monoisotopic (exact) mass is 472 g/mol. The van der Waals surface area contributed by atoms with Crippen LogP contribution in [0.25, 0.3) is 21.9 Å². The van der Waals surface area contributed by atoms with Gasteiger partial charge < -0.3 is 9.15 Å². The number of benzene rings is 2. The molecule has 0 N–H and O–H groups in total. The van der Waals surface area contributed by atoms with E-state index in [2.05, 4.69) is 18.8 Å². The van der Waals surface area contributed by atoms with Gasteiger partial charge in [0.05, 0.1) is 16.5 Å². The fourth-order valence-electron chi connectivity index (χ4n) is 4.90. The van der Waals surface area contributed by atoms with Gasteiger partial charge >= 0.3 is 11.6 Å². The summed E-state index contributed by atoms with van der Waals surface area (Å²) in [6, 6.07) is 10.1. The molecule has 0 fully saturated rings. The molecule has 7 nitrogen and oxygen atoms in total. The first kappa shape index (κ1) is 23.0. The van der Waals surface area contributed by atoms with Crippen LogP contribution in [0.4, 0.5) is 0 Å². The maximum Gasteiger partial charge on any atom is 0.338 e. The predicted molar refractivity (Wildman–Crippen MR) is 134 cm³/mol. The summed E-state index contributed by atoms with van der Waals surface area (Å²) in [5.41, 5.74) is 3.51. The highest BCUT2D eigenvalue weighted by atomic mass is 16.5. The van der Waals surface area contributed by atoms with E-state index >= 15 is 0 Å². The molecular weight excluding hydrogens is 444 g/mol. The van der Waals surface area contributed by atoms with Crippen molar-refractivity contribution >= 4 is 27.8 Å². The molecule has 7 heteroatoms. The van der Waals surface area contributed by atoms with Crippen LogP contribution in [-0.2, 0) is 24.3 Å². The second kappa shape index (κ2) is 9.13. The van der Waals surface area contributed by atoms with Crippen molar-refractivity contribution in [2.24, 2.45) is 0 Å². The van der Waals surface area contributed by atoms with E-state index in [9.17, 15) is 14.4 Å². The van der Waals surface area contributed by atoms with Crippen LogP contribution in [-0.4, -0.2) is 15.5 Å². The van der Waals surface area contributed by atoms with Crippen molar-refractivity contribution in [3.8, 4) is 0 Å². The van der Waals surface area contributed by atoms with E-state index in [0.29, 0.717) is 40.1 Å². The van der Waals surface area contributed by atoms with E-state index in [1.807, 2.05) is 19.1 Å². The second-order valence-corrected chi connectivity index (χ2v) is 9.55. The Morgan fingerprint density at radius 2 is 1.91 bits per heavy atom. The summed E-state index contributed by atoms with van der Waals surface area (Å²) in [6.45, 7) is 6.80. The Morgan fingerprint density at radius 3 is 2.71 bits per heavy atom. The van der Waals surface area contributed by atoms with E-state index in [1.54, 1.807) is 22.8 Å². The molecule has 2 aromatic carbocycles. The highest BCUT2D eigenvalue weighted by Gasteiger charge is 2.17. The van der Waals surface area contributed by atoms with E-state index < -0.39 is 11.6 Å². The van der Waals surface area contributed by atoms with Crippen molar-refractivity contribution < 1.29 is 13.9 Å². The third-order valence-corrected chi connectivity index (χ3v) is 6.75. The van der Waals surface area contributed by atoms with Crippen molar-refractivity contribution in [1.82, 2.24) is 9.55 Å². The van der Waals surface area contributed by atoms with Gasteiger partial charge in [0.2, 0.25) is 0 Å². The lowest BCUT2D eigenvalue weighted by atomic mass is 9.95. The summed E-state index contributed by atoms with van der Waals surface area (Å²) < 4.78 is 12.7. The van der Waals surface area contributed by atoms with Gasteiger partial charge in [-0.1, -0.05) is 20.3 Å². The molecule has 0 aliphatic carbocycles. The number of aromatic nitrogens is 2. The van der Waals surface area contributed by atoms with Crippen LogP contribution in [0.1, 0.15) is 71.9 Å². The summed E-state index contributed by atoms with van der Waals surface area (Å²) in [4.78, 5) is 42.7. The number of fused-ring (bicyclic) bond motifs is 3. The first-order valence-corrected chi connectivity index (χ1v) is 12.1. The first-order chi connectivity index (χ1) is 16.8.